The number of para-hydroxylation sites is 3. The van der Waals surface area contributed by atoms with Crippen LogP contribution in [-0.4, -0.2) is 30.7 Å². The van der Waals surface area contributed by atoms with E-state index in [9.17, 15) is 14.9 Å². The fourth-order valence-corrected chi connectivity index (χ4v) is 2.57. The molecule has 1 N–H and O–H groups in total. The number of nitrogens with zero attached hydrogens (tertiary/aromatic N) is 1. The number of benzene rings is 3. The normalized spacial score (nSPS) is 10.1. The second kappa shape index (κ2) is 10.5. The SMILES string of the molecule is O=C(COc1ccccc1[N+](=O)[O-])Nc1cccc(OCCOc2ccccc2)c1. The summed E-state index contributed by atoms with van der Waals surface area (Å²) in [4.78, 5) is 22.6. The van der Waals surface area contributed by atoms with E-state index in [0.29, 0.717) is 24.7 Å². The van der Waals surface area contributed by atoms with E-state index in [1.54, 1.807) is 30.3 Å². The van der Waals surface area contributed by atoms with Gasteiger partial charge in [-0.05, 0) is 30.3 Å². The van der Waals surface area contributed by atoms with Gasteiger partial charge < -0.3 is 19.5 Å². The molecule has 8 heteroatoms. The van der Waals surface area contributed by atoms with Gasteiger partial charge in [0.05, 0.1) is 4.92 Å². The van der Waals surface area contributed by atoms with E-state index in [-0.39, 0.29) is 18.0 Å². The Balaban J connectivity index is 1.46. The molecule has 0 fully saturated rings. The molecule has 0 aliphatic rings. The van der Waals surface area contributed by atoms with Crippen molar-refractivity contribution in [2.45, 2.75) is 0 Å². The van der Waals surface area contributed by atoms with E-state index < -0.39 is 10.8 Å². The minimum atomic E-state index is -0.560. The number of ether oxygens (including phenoxy) is 3. The second-order valence-electron chi connectivity index (χ2n) is 6.10. The molecule has 1 amide bonds. The molecule has 0 saturated carbocycles. The lowest BCUT2D eigenvalue weighted by atomic mass is 10.3. The van der Waals surface area contributed by atoms with Crippen molar-refractivity contribution < 1.29 is 23.9 Å². The summed E-state index contributed by atoms with van der Waals surface area (Å²) in [6.45, 7) is 0.359. The van der Waals surface area contributed by atoms with Crippen molar-refractivity contribution in [2.75, 3.05) is 25.1 Å². The van der Waals surface area contributed by atoms with Crippen LogP contribution in [0.15, 0.2) is 78.9 Å². The van der Waals surface area contributed by atoms with Gasteiger partial charge in [-0.3, -0.25) is 14.9 Å². The molecule has 0 bridgehead atoms. The molecule has 0 aliphatic carbocycles. The van der Waals surface area contributed by atoms with Gasteiger partial charge in [0.1, 0.15) is 24.7 Å². The zero-order valence-corrected chi connectivity index (χ0v) is 16.0. The van der Waals surface area contributed by atoms with Crippen LogP contribution in [-0.2, 0) is 4.79 Å². The molecule has 0 radical (unpaired) electrons. The van der Waals surface area contributed by atoms with Crippen molar-refractivity contribution in [2.24, 2.45) is 0 Å². The molecular weight excluding hydrogens is 388 g/mol. The number of hydrogen-bond donors (Lipinski definition) is 1. The minimum absolute atomic E-state index is 0.0353. The van der Waals surface area contributed by atoms with Crippen LogP contribution in [0.3, 0.4) is 0 Å². The van der Waals surface area contributed by atoms with E-state index >= 15 is 0 Å². The van der Waals surface area contributed by atoms with Crippen LogP contribution in [0, 0.1) is 10.1 Å². The third kappa shape index (κ3) is 6.23. The third-order valence-corrected chi connectivity index (χ3v) is 3.90. The maximum absolute atomic E-state index is 12.1. The Morgan fingerprint density at radius 1 is 0.833 bits per heavy atom. The maximum atomic E-state index is 12.1. The lowest BCUT2D eigenvalue weighted by molar-refractivity contribution is -0.385. The van der Waals surface area contributed by atoms with E-state index in [2.05, 4.69) is 5.32 Å². The van der Waals surface area contributed by atoms with Crippen molar-refractivity contribution in [1.82, 2.24) is 0 Å². The highest BCUT2D eigenvalue weighted by Crippen LogP contribution is 2.25. The first-order valence-corrected chi connectivity index (χ1v) is 9.18. The lowest BCUT2D eigenvalue weighted by Crippen LogP contribution is -2.20. The standard InChI is InChI=1S/C22H20N2O6/c25-22(16-30-21-12-5-4-11-20(21)24(26)27)23-17-7-6-10-19(15-17)29-14-13-28-18-8-2-1-3-9-18/h1-12,15H,13-14,16H2,(H,23,25). The first-order chi connectivity index (χ1) is 14.6. The Bertz CT molecular complexity index is 994. The molecule has 0 aliphatic heterocycles. The first kappa shape index (κ1) is 20.7. The summed E-state index contributed by atoms with van der Waals surface area (Å²) in [5, 5.41) is 13.7. The number of nitro benzene ring substituents is 1. The molecular formula is C22H20N2O6. The average molecular weight is 408 g/mol. The Morgan fingerprint density at radius 3 is 2.27 bits per heavy atom. The van der Waals surface area contributed by atoms with E-state index in [1.165, 1.54) is 18.2 Å². The Kier molecular flexibility index (Phi) is 7.21. The van der Waals surface area contributed by atoms with Crippen molar-refractivity contribution in [1.29, 1.82) is 0 Å². The number of hydrogen-bond acceptors (Lipinski definition) is 6. The molecule has 0 heterocycles. The van der Waals surface area contributed by atoms with E-state index in [1.807, 2.05) is 30.3 Å². The molecule has 3 aromatic carbocycles. The van der Waals surface area contributed by atoms with Gasteiger partial charge in [0.25, 0.3) is 5.91 Å². The largest absolute Gasteiger partial charge is 0.490 e. The summed E-state index contributed by atoms with van der Waals surface area (Å²) in [7, 11) is 0. The van der Waals surface area contributed by atoms with Crippen LogP contribution in [0.25, 0.3) is 0 Å². The predicted octanol–water partition coefficient (Wildman–Crippen LogP) is 4.07. The zero-order valence-electron chi connectivity index (χ0n) is 16.0. The molecule has 3 rings (SSSR count). The number of carbonyl (C=O) groups excluding carboxylic acids is 1. The lowest BCUT2D eigenvalue weighted by Gasteiger charge is -2.11. The van der Waals surface area contributed by atoms with Crippen molar-refractivity contribution >= 4 is 17.3 Å². The number of nitro groups is 1. The van der Waals surface area contributed by atoms with Crippen molar-refractivity contribution in [3.8, 4) is 17.2 Å². The van der Waals surface area contributed by atoms with Crippen LogP contribution >= 0.6 is 0 Å². The fraction of sp³-hybridized carbons (Fsp3) is 0.136. The van der Waals surface area contributed by atoms with Gasteiger partial charge in [-0.1, -0.05) is 36.4 Å². The predicted molar refractivity (Wildman–Crippen MR) is 111 cm³/mol. The molecule has 8 nitrogen and oxygen atoms in total. The van der Waals surface area contributed by atoms with Gasteiger partial charge in [-0.25, -0.2) is 0 Å². The number of rotatable bonds is 10. The maximum Gasteiger partial charge on any atom is 0.310 e. The fourth-order valence-electron chi connectivity index (χ4n) is 2.57. The van der Waals surface area contributed by atoms with Gasteiger partial charge in [0.2, 0.25) is 0 Å². The minimum Gasteiger partial charge on any atom is -0.490 e. The topological polar surface area (TPSA) is 99.9 Å². The van der Waals surface area contributed by atoms with E-state index in [0.717, 1.165) is 5.75 Å². The van der Waals surface area contributed by atoms with Crippen molar-refractivity contribution in [3.63, 3.8) is 0 Å². The van der Waals surface area contributed by atoms with E-state index in [4.69, 9.17) is 14.2 Å². The van der Waals surface area contributed by atoms with Gasteiger partial charge in [0.15, 0.2) is 12.4 Å². The second-order valence-corrected chi connectivity index (χ2v) is 6.10. The van der Waals surface area contributed by atoms with Crippen LogP contribution < -0.4 is 19.5 Å². The number of nitrogens with one attached hydrogen (secondary N) is 1. The van der Waals surface area contributed by atoms with Crippen LogP contribution in [0.1, 0.15) is 0 Å². The smallest absolute Gasteiger partial charge is 0.310 e. The first-order valence-electron chi connectivity index (χ1n) is 9.18. The molecule has 0 atom stereocenters. The molecule has 30 heavy (non-hydrogen) atoms. The van der Waals surface area contributed by atoms with Crippen LogP contribution in [0.5, 0.6) is 17.2 Å². The Hall–Kier alpha value is -4.07. The Morgan fingerprint density at radius 2 is 1.50 bits per heavy atom. The number of carbonyl (C=O) groups is 1. The summed E-state index contributed by atoms with van der Waals surface area (Å²) in [6.07, 6.45) is 0. The monoisotopic (exact) mass is 408 g/mol. The summed E-state index contributed by atoms with van der Waals surface area (Å²) in [6, 6.07) is 22.2. The average Bonchev–Trinajstić information content (AvgIpc) is 2.76. The highest BCUT2D eigenvalue weighted by atomic mass is 16.6. The number of amides is 1. The quantitative estimate of drug-likeness (QED) is 0.308. The Labute approximate surface area is 173 Å². The van der Waals surface area contributed by atoms with Gasteiger partial charge >= 0.3 is 5.69 Å². The molecule has 3 aromatic rings. The summed E-state index contributed by atoms with van der Waals surface area (Å²) < 4.78 is 16.5. The van der Waals surface area contributed by atoms with Crippen molar-refractivity contribution in [3.05, 3.63) is 89.0 Å². The molecule has 0 spiro atoms. The van der Waals surface area contributed by atoms with Crippen LogP contribution in [0.4, 0.5) is 11.4 Å². The van der Waals surface area contributed by atoms with Gasteiger partial charge in [-0.2, -0.15) is 0 Å². The molecule has 0 aromatic heterocycles. The summed E-state index contributed by atoms with van der Waals surface area (Å²) in [5.74, 6) is 0.927. The zero-order chi connectivity index (χ0) is 21.2. The molecule has 0 saturated heterocycles. The molecule has 0 unspecified atom stereocenters. The summed E-state index contributed by atoms with van der Waals surface area (Å²) >= 11 is 0. The highest BCUT2D eigenvalue weighted by molar-refractivity contribution is 5.92. The third-order valence-electron chi connectivity index (χ3n) is 3.90. The van der Waals surface area contributed by atoms with Gasteiger partial charge in [0, 0.05) is 17.8 Å². The highest BCUT2D eigenvalue weighted by Gasteiger charge is 2.15. The number of anilines is 1. The summed E-state index contributed by atoms with van der Waals surface area (Å²) in [5.41, 5.74) is 0.325. The van der Waals surface area contributed by atoms with Gasteiger partial charge in [-0.15, -0.1) is 0 Å². The molecule has 154 valence electrons. The van der Waals surface area contributed by atoms with Crippen LogP contribution in [0.2, 0.25) is 0 Å².